The molecule has 0 fully saturated rings. The predicted molar refractivity (Wildman–Crippen MR) is 128 cm³/mol. The van der Waals surface area contributed by atoms with Crippen LogP contribution >= 0.6 is 22.9 Å². The molecule has 4 rings (SSSR count). The number of amides is 2. The lowest BCUT2D eigenvalue weighted by Crippen LogP contribution is -2.32. The zero-order valence-electron chi connectivity index (χ0n) is 17.6. The largest absolute Gasteiger partial charge is 0.495 e. The number of methoxy groups -OCH3 is 1. The van der Waals surface area contributed by atoms with Crippen molar-refractivity contribution in [2.45, 2.75) is 13.3 Å². The second-order valence-corrected chi connectivity index (χ2v) is 8.35. The van der Waals surface area contributed by atoms with Crippen LogP contribution in [-0.4, -0.2) is 25.5 Å². The number of hydrogen-bond acceptors (Lipinski definition) is 6. The molecule has 2 aromatic carbocycles. The fourth-order valence-electron chi connectivity index (χ4n) is 3.35. The van der Waals surface area contributed by atoms with Crippen molar-refractivity contribution in [3.05, 3.63) is 75.6 Å². The summed E-state index contributed by atoms with van der Waals surface area (Å²) in [5.41, 5.74) is 1.53. The van der Waals surface area contributed by atoms with Gasteiger partial charge in [-0.1, -0.05) is 30.7 Å². The third kappa shape index (κ3) is 4.22. The molecule has 0 saturated carbocycles. The zero-order chi connectivity index (χ0) is 22.7. The maximum Gasteiger partial charge on any atom is 0.282 e. The van der Waals surface area contributed by atoms with Crippen LogP contribution < -0.4 is 19.7 Å². The number of benzene rings is 2. The molecule has 0 bridgehead atoms. The minimum atomic E-state index is -0.446. The molecule has 8 heteroatoms. The Morgan fingerprint density at radius 2 is 1.91 bits per heavy atom. The minimum absolute atomic E-state index is 0.193. The highest BCUT2D eigenvalue weighted by Crippen LogP contribution is 2.37. The van der Waals surface area contributed by atoms with E-state index < -0.39 is 11.8 Å². The van der Waals surface area contributed by atoms with E-state index in [9.17, 15) is 9.59 Å². The van der Waals surface area contributed by atoms with E-state index in [1.807, 2.05) is 24.4 Å². The van der Waals surface area contributed by atoms with Crippen molar-refractivity contribution in [3.63, 3.8) is 0 Å². The Morgan fingerprint density at radius 3 is 2.59 bits per heavy atom. The van der Waals surface area contributed by atoms with Gasteiger partial charge in [0.05, 0.1) is 30.0 Å². The van der Waals surface area contributed by atoms with Crippen molar-refractivity contribution in [2.24, 2.45) is 0 Å². The van der Waals surface area contributed by atoms with Gasteiger partial charge in [-0.2, -0.15) is 0 Å². The van der Waals surface area contributed by atoms with E-state index in [1.54, 1.807) is 42.5 Å². The molecule has 0 unspecified atom stereocenters. The topological polar surface area (TPSA) is 67.9 Å². The lowest BCUT2D eigenvalue weighted by atomic mass is 10.2. The molecule has 0 spiro atoms. The fraction of sp³-hybridized carbons (Fsp3) is 0.167. The number of nitrogens with zero attached hydrogens (tertiary/aromatic N) is 1. The average molecular weight is 469 g/mol. The molecule has 1 aliphatic heterocycles. The molecule has 0 saturated heterocycles. The summed E-state index contributed by atoms with van der Waals surface area (Å²) in [5, 5.41) is 5.36. The van der Waals surface area contributed by atoms with E-state index in [0.29, 0.717) is 45.0 Å². The van der Waals surface area contributed by atoms with Gasteiger partial charge in [-0.25, -0.2) is 4.90 Å². The Bertz CT molecular complexity index is 1190. The van der Waals surface area contributed by atoms with Gasteiger partial charge in [0, 0.05) is 16.6 Å². The second-order valence-electron chi connectivity index (χ2n) is 6.99. The molecule has 1 aromatic heterocycles. The van der Waals surface area contributed by atoms with Crippen molar-refractivity contribution >= 4 is 51.7 Å². The third-order valence-corrected chi connectivity index (χ3v) is 6.00. The smallest absolute Gasteiger partial charge is 0.282 e. The summed E-state index contributed by atoms with van der Waals surface area (Å²) < 4.78 is 10.9. The summed E-state index contributed by atoms with van der Waals surface area (Å²) >= 11 is 7.64. The van der Waals surface area contributed by atoms with Crippen LogP contribution in [0.5, 0.6) is 11.5 Å². The zero-order valence-corrected chi connectivity index (χ0v) is 19.1. The Kier molecular flexibility index (Phi) is 6.48. The van der Waals surface area contributed by atoms with Gasteiger partial charge in [-0.05, 0) is 48.2 Å². The number of imide groups is 1. The molecule has 1 aliphatic rings. The molecular formula is C24H21ClN2O4S. The third-order valence-electron chi connectivity index (χ3n) is 4.82. The van der Waals surface area contributed by atoms with Crippen molar-refractivity contribution in [2.75, 3.05) is 23.9 Å². The quantitative estimate of drug-likeness (QED) is 0.436. The summed E-state index contributed by atoms with van der Waals surface area (Å²) in [6, 6.07) is 15.7. The van der Waals surface area contributed by atoms with Gasteiger partial charge in [0.1, 0.15) is 17.2 Å². The first-order valence-electron chi connectivity index (χ1n) is 10.0. The first-order valence-corrected chi connectivity index (χ1v) is 11.3. The van der Waals surface area contributed by atoms with Gasteiger partial charge in [0.2, 0.25) is 0 Å². The highest BCUT2D eigenvalue weighted by molar-refractivity contribution is 7.11. The van der Waals surface area contributed by atoms with E-state index in [0.717, 1.165) is 6.42 Å². The number of nitrogens with one attached hydrogen (secondary N) is 1. The molecule has 2 heterocycles. The predicted octanol–water partition coefficient (Wildman–Crippen LogP) is 5.60. The number of ether oxygens (including phenoxy) is 2. The Hall–Kier alpha value is -3.29. The van der Waals surface area contributed by atoms with Gasteiger partial charge >= 0.3 is 0 Å². The summed E-state index contributed by atoms with van der Waals surface area (Å²) in [5.74, 6) is 0.278. The SMILES string of the molecule is CCCOc1cccc(N2C(=O)C(Nc3ccc(OC)c(Cl)c3)=C(c3cccs3)C2=O)c1. The molecule has 0 radical (unpaired) electrons. The van der Waals surface area contributed by atoms with Crippen LogP contribution in [0.2, 0.25) is 5.02 Å². The van der Waals surface area contributed by atoms with Gasteiger partial charge in [-0.15, -0.1) is 11.3 Å². The lowest BCUT2D eigenvalue weighted by Gasteiger charge is -2.16. The van der Waals surface area contributed by atoms with Crippen molar-refractivity contribution in [1.29, 1.82) is 0 Å². The minimum Gasteiger partial charge on any atom is -0.495 e. The van der Waals surface area contributed by atoms with Crippen molar-refractivity contribution in [3.8, 4) is 11.5 Å². The van der Waals surface area contributed by atoms with Crippen LogP contribution in [0.1, 0.15) is 18.2 Å². The van der Waals surface area contributed by atoms with Crippen molar-refractivity contribution in [1.82, 2.24) is 0 Å². The summed E-state index contributed by atoms with van der Waals surface area (Å²) in [6.45, 7) is 2.56. The maximum atomic E-state index is 13.5. The average Bonchev–Trinajstić information content (AvgIpc) is 3.39. The van der Waals surface area contributed by atoms with E-state index in [4.69, 9.17) is 21.1 Å². The van der Waals surface area contributed by atoms with Gasteiger partial charge in [-0.3, -0.25) is 9.59 Å². The number of halogens is 1. The van der Waals surface area contributed by atoms with Crippen LogP contribution in [0.25, 0.3) is 5.57 Å². The highest BCUT2D eigenvalue weighted by atomic mass is 35.5. The second kappa shape index (κ2) is 9.46. The Balaban J connectivity index is 1.72. The monoisotopic (exact) mass is 468 g/mol. The Morgan fingerprint density at radius 1 is 1.06 bits per heavy atom. The van der Waals surface area contributed by atoms with Crippen LogP contribution in [0.15, 0.2) is 65.7 Å². The lowest BCUT2D eigenvalue weighted by molar-refractivity contribution is -0.120. The maximum absolute atomic E-state index is 13.5. The van der Waals surface area contributed by atoms with Gasteiger partial charge in [0.15, 0.2) is 0 Å². The van der Waals surface area contributed by atoms with Crippen LogP contribution in [0, 0.1) is 0 Å². The molecule has 3 aromatic rings. The van der Waals surface area contributed by atoms with E-state index in [-0.39, 0.29) is 5.70 Å². The number of rotatable bonds is 8. The number of carbonyl (C=O) groups is 2. The highest BCUT2D eigenvalue weighted by Gasteiger charge is 2.40. The molecule has 2 amide bonds. The first-order chi connectivity index (χ1) is 15.5. The fourth-order valence-corrected chi connectivity index (χ4v) is 4.38. The van der Waals surface area contributed by atoms with E-state index >= 15 is 0 Å². The number of carbonyl (C=O) groups excluding carboxylic acids is 2. The van der Waals surface area contributed by atoms with Gasteiger partial charge in [0.25, 0.3) is 11.8 Å². The normalized spacial score (nSPS) is 13.7. The van der Waals surface area contributed by atoms with Crippen LogP contribution in [-0.2, 0) is 9.59 Å². The molecule has 164 valence electrons. The summed E-state index contributed by atoms with van der Waals surface area (Å²) in [6.07, 6.45) is 0.856. The summed E-state index contributed by atoms with van der Waals surface area (Å²) in [7, 11) is 1.53. The molecule has 0 aliphatic carbocycles. The number of thiophene rings is 1. The van der Waals surface area contributed by atoms with Crippen LogP contribution in [0.4, 0.5) is 11.4 Å². The van der Waals surface area contributed by atoms with Gasteiger partial charge < -0.3 is 14.8 Å². The van der Waals surface area contributed by atoms with E-state index in [2.05, 4.69) is 5.32 Å². The van der Waals surface area contributed by atoms with E-state index in [1.165, 1.54) is 23.3 Å². The Labute approximate surface area is 195 Å². The number of hydrogen-bond donors (Lipinski definition) is 1. The number of anilines is 2. The molecule has 0 atom stereocenters. The van der Waals surface area contributed by atoms with Crippen molar-refractivity contribution < 1.29 is 19.1 Å². The molecule has 1 N–H and O–H groups in total. The van der Waals surface area contributed by atoms with Crippen LogP contribution in [0.3, 0.4) is 0 Å². The summed E-state index contributed by atoms with van der Waals surface area (Å²) in [4.78, 5) is 28.8. The first kappa shape index (κ1) is 21.9. The molecule has 32 heavy (non-hydrogen) atoms. The standard InChI is InChI=1S/C24H21ClN2O4S/c1-3-11-31-17-7-4-6-16(14-17)27-23(28)21(20-8-5-12-32-20)22(24(27)29)26-15-9-10-19(30-2)18(25)13-15/h4-10,12-14,26H,3,11H2,1-2H3. The molecule has 6 nitrogen and oxygen atoms in total. The molecular weight excluding hydrogens is 448 g/mol.